The van der Waals surface area contributed by atoms with Gasteiger partial charge in [-0.15, -0.1) is 10.2 Å². The fourth-order valence-corrected chi connectivity index (χ4v) is 4.44. The molecule has 1 aromatic heterocycles. The zero-order chi connectivity index (χ0) is 16.5. The summed E-state index contributed by atoms with van der Waals surface area (Å²) < 4.78 is 3.28. The van der Waals surface area contributed by atoms with Gasteiger partial charge in [0, 0.05) is 23.1 Å². The molecular weight excluding hydrogens is 415 g/mol. The van der Waals surface area contributed by atoms with Gasteiger partial charge in [-0.1, -0.05) is 18.6 Å². The van der Waals surface area contributed by atoms with Crippen LogP contribution in [0.5, 0.6) is 0 Å². The zero-order valence-electron chi connectivity index (χ0n) is 13.6. The second-order valence-corrected chi connectivity index (χ2v) is 7.74. The van der Waals surface area contributed by atoms with Crippen LogP contribution in [-0.4, -0.2) is 32.1 Å². The minimum Gasteiger partial charge on any atom is -0.328 e. The maximum Gasteiger partial charge on any atom is 0.255 e. The molecule has 0 radical (unpaired) electrons. The van der Waals surface area contributed by atoms with Crippen LogP contribution in [0, 0.1) is 3.57 Å². The molecule has 5 nitrogen and oxygen atoms in total. The SMILES string of the molecule is O=C(c1ccccc1I)N1CCCC1c1nnc2n1CCCCC2. The van der Waals surface area contributed by atoms with Crippen molar-refractivity contribution in [3.05, 3.63) is 45.0 Å². The highest BCUT2D eigenvalue weighted by Crippen LogP contribution is 2.34. The van der Waals surface area contributed by atoms with E-state index in [1.807, 2.05) is 29.2 Å². The number of aromatic nitrogens is 3. The quantitative estimate of drug-likeness (QED) is 0.677. The average Bonchev–Trinajstić information content (AvgIpc) is 3.15. The van der Waals surface area contributed by atoms with E-state index in [1.54, 1.807) is 0 Å². The molecule has 0 bridgehead atoms. The number of carbonyl (C=O) groups is 1. The lowest BCUT2D eigenvalue weighted by Gasteiger charge is -2.25. The van der Waals surface area contributed by atoms with E-state index in [2.05, 4.69) is 37.4 Å². The van der Waals surface area contributed by atoms with Gasteiger partial charge in [0.25, 0.3) is 5.91 Å². The fraction of sp³-hybridized carbons (Fsp3) is 0.500. The van der Waals surface area contributed by atoms with Crippen molar-refractivity contribution < 1.29 is 4.79 Å². The summed E-state index contributed by atoms with van der Waals surface area (Å²) in [7, 11) is 0. The first-order valence-corrected chi connectivity index (χ1v) is 9.81. The van der Waals surface area contributed by atoms with Gasteiger partial charge in [-0.25, -0.2) is 0 Å². The number of fused-ring (bicyclic) bond motifs is 1. The Morgan fingerprint density at radius 2 is 1.96 bits per heavy atom. The van der Waals surface area contributed by atoms with Crippen LogP contribution in [0.25, 0.3) is 0 Å². The molecular formula is C18H21IN4O. The highest BCUT2D eigenvalue weighted by Gasteiger charge is 2.35. The third kappa shape index (κ3) is 2.85. The lowest BCUT2D eigenvalue weighted by molar-refractivity contribution is 0.0726. The first kappa shape index (κ1) is 16.1. The molecule has 1 amide bonds. The van der Waals surface area contributed by atoms with Crippen LogP contribution in [-0.2, 0) is 13.0 Å². The molecule has 1 aromatic carbocycles. The van der Waals surface area contributed by atoms with E-state index in [1.165, 1.54) is 19.3 Å². The van der Waals surface area contributed by atoms with E-state index < -0.39 is 0 Å². The molecule has 2 aliphatic rings. The molecule has 2 aromatic rings. The van der Waals surface area contributed by atoms with Crippen LogP contribution >= 0.6 is 22.6 Å². The molecule has 24 heavy (non-hydrogen) atoms. The maximum absolute atomic E-state index is 13.1. The summed E-state index contributed by atoms with van der Waals surface area (Å²) in [6.45, 7) is 1.79. The Morgan fingerprint density at radius 3 is 2.83 bits per heavy atom. The van der Waals surface area contributed by atoms with Gasteiger partial charge in [0.15, 0.2) is 5.82 Å². The number of amides is 1. The Kier molecular flexibility index (Phi) is 4.56. The first-order chi connectivity index (χ1) is 11.8. The van der Waals surface area contributed by atoms with Gasteiger partial charge in [-0.3, -0.25) is 4.79 Å². The zero-order valence-corrected chi connectivity index (χ0v) is 15.8. The molecule has 0 aliphatic carbocycles. The molecule has 1 atom stereocenters. The molecule has 0 saturated carbocycles. The van der Waals surface area contributed by atoms with Crippen molar-refractivity contribution in [3.63, 3.8) is 0 Å². The third-order valence-corrected chi connectivity index (χ3v) is 5.99. The normalized spacial score (nSPS) is 20.7. The van der Waals surface area contributed by atoms with Gasteiger partial charge in [0.1, 0.15) is 5.82 Å². The lowest BCUT2D eigenvalue weighted by atomic mass is 10.1. The molecule has 1 fully saturated rings. The second kappa shape index (κ2) is 6.82. The van der Waals surface area contributed by atoms with Gasteiger partial charge >= 0.3 is 0 Å². The van der Waals surface area contributed by atoms with Crippen molar-refractivity contribution in [2.45, 2.75) is 51.1 Å². The van der Waals surface area contributed by atoms with Gasteiger partial charge in [-0.05, 0) is 60.4 Å². The second-order valence-electron chi connectivity index (χ2n) is 6.57. The number of likely N-dealkylation sites (tertiary alicyclic amines) is 1. The number of nitrogens with zero attached hydrogens (tertiary/aromatic N) is 4. The van der Waals surface area contributed by atoms with Crippen LogP contribution in [0.4, 0.5) is 0 Å². The first-order valence-electron chi connectivity index (χ1n) is 8.73. The van der Waals surface area contributed by atoms with E-state index in [0.717, 1.165) is 53.1 Å². The topological polar surface area (TPSA) is 51.0 Å². The molecule has 4 rings (SSSR count). The van der Waals surface area contributed by atoms with Crippen LogP contribution < -0.4 is 0 Å². The number of rotatable bonds is 2. The van der Waals surface area contributed by atoms with E-state index >= 15 is 0 Å². The van der Waals surface area contributed by atoms with Gasteiger partial charge in [0.2, 0.25) is 0 Å². The monoisotopic (exact) mass is 436 g/mol. The summed E-state index contributed by atoms with van der Waals surface area (Å²) in [6, 6.07) is 7.88. The van der Waals surface area contributed by atoms with Crippen LogP contribution in [0.3, 0.4) is 0 Å². The summed E-state index contributed by atoms with van der Waals surface area (Å²) in [5.41, 5.74) is 0.792. The van der Waals surface area contributed by atoms with Crippen molar-refractivity contribution in [2.24, 2.45) is 0 Å². The van der Waals surface area contributed by atoms with Crippen molar-refractivity contribution in [1.82, 2.24) is 19.7 Å². The number of aryl methyl sites for hydroxylation is 1. The Labute approximate surface area is 155 Å². The van der Waals surface area contributed by atoms with E-state index in [-0.39, 0.29) is 11.9 Å². The van der Waals surface area contributed by atoms with Crippen LogP contribution in [0.2, 0.25) is 0 Å². The minimum atomic E-state index is 0.0628. The Bertz CT molecular complexity index is 757. The van der Waals surface area contributed by atoms with E-state index in [0.29, 0.717) is 0 Å². The predicted octanol–water partition coefficient (Wildman–Crippen LogP) is 3.59. The smallest absolute Gasteiger partial charge is 0.255 e. The van der Waals surface area contributed by atoms with Gasteiger partial charge in [-0.2, -0.15) is 0 Å². The number of carbonyl (C=O) groups excluding carboxylic acids is 1. The molecule has 2 aliphatic heterocycles. The lowest BCUT2D eigenvalue weighted by Crippen LogP contribution is -2.32. The average molecular weight is 436 g/mol. The fourth-order valence-electron chi connectivity index (χ4n) is 3.82. The maximum atomic E-state index is 13.1. The van der Waals surface area contributed by atoms with E-state index in [9.17, 15) is 4.79 Å². The summed E-state index contributed by atoms with van der Waals surface area (Å²) in [5, 5.41) is 8.91. The summed E-state index contributed by atoms with van der Waals surface area (Å²) in [5.74, 6) is 2.20. The molecule has 1 saturated heterocycles. The van der Waals surface area contributed by atoms with Crippen molar-refractivity contribution in [3.8, 4) is 0 Å². The molecule has 0 spiro atoms. The Morgan fingerprint density at radius 1 is 1.08 bits per heavy atom. The number of halogens is 1. The third-order valence-electron chi connectivity index (χ3n) is 5.05. The minimum absolute atomic E-state index is 0.0628. The number of hydrogen-bond donors (Lipinski definition) is 0. The standard InChI is InChI=1S/C18H21IN4O/c19-14-8-4-3-7-13(14)18(24)22-12-6-9-15(22)17-21-20-16-10-2-1-5-11-23(16)17/h3-4,7-8,15H,1-2,5-6,9-12H2. The van der Waals surface area contributed by atoms with Crippen molar-refractivity contribution in [2.75, 3.05) is 6.54 Å². The molecule has 3 heterocycles. The molecule has 1 unspecified atom stereocenters. The Hall–Kier alpha value is -1.44. The van der Waals surface area contributed by atoms with Crippen molar-refractivity contribution >= 4 is 28.5 Å². The summed E-state index contributed by atoms with van der Waals surface area (Å²) in [6.07, 6.45) is 6.63. The number of hydrogen-bond acceptors (Lipinski definition) is 3. The van der Waals surface area contributed by atoms with Crippen LogP contribution in [0.1, 0.15) is 60.2 Å². The molecule has 6 heteroatoms. The van der Waals surface area contributed by atoms with Crippen LogP contribution in [0.15, 0.2) is 24.3 Å². The van der Waals surface area contributed by atoms with E-state index in [4.69, 9.17) is 0 Å². The summed E-state index contributed by atoms with van der Waals surface area (Å²) >= 11 is 2.24. The number of benzene rings is 1. The highest BCUT2D eigenvalue weighted by molar-refractivity contribution is 14.1. The largest absolute Gasteiger partial charge is 0.328 e. The van der Waals surface area contributed by atoms with Gasteiger partial charge in [0.05, 0.1) is 11.6 Å². The predicted molar refractivity (Wildman–Crippen MR) is 99.7 cm³/mol. The highest BCUT2D eigenvalue weighted by atomic mass is 127. The molecule has 126 valence electrons. The summed E-state index contributed by atoms with van der Waals surface area (Å²) in [4.78, 5) is 15.1. The van der Waals surface area contributed by atoms with Gasteiger partial charge < -0.3 is 9.47 Å². The Balaban J connectivity index is 1.65. The van der Waals surface area contributed by atoms with Crippen molar-refractivity contribution in [1.29, 1.82) is 0 Å². The molecule has 0 N–H and O–H groups in total.